The summed E-state index contributed by atoms with van der Waals surface area (Å²) in [4.78, 5) is 0. The summed E-state index contributed by atoms with van der Waals surface area (Å²) < 4.78 is 56.4. The van der Waals surface area contributed by atoms with Gasteiger partial charge in [0.1, 0.15) is 28.3 Å². The summed E-state index contributed by atoms with van der Waals surface area (Å²) >= 11 is 5.45. The Kier molecular flexibility index (Phi) is 7.03. The van der Waals surface area contributed by atoms with Crippen molar-refractivity contribution < 1.29 is 17.6 Å². The van der Waals surface area contributed by atoms with E-state index in [1.165, 1.54) is 50.7 Å². The zero-order chi connectivity index (χ0) is 20.3. The lowest BCUT2D eigenvalue weighted by atomic mass is 9.78. The number of aryl methyl sites for hydroxylation is 1. The van der Waals surface area contributed by atoms with Crippen LogP contribution in [0.25, 0.3) is 11.1 Å². The maximum absolute atomic E-state index is 14.5. The molecule has 0 heterocycles. The van der Waals surface area contributed by atoms with Crippen LogP contribution in [0, 0.1) is 35.1 Å². The van der Waals surface area contributed by atoms with Crippen LogP contribution in [-0.2, 0) is 6.42 Å². The van der Waals surface area contributed by atoms with Gasteiger partial charge in [-0.1, -0.05) is 57.0 Å². The van der Waals surface area contributed by atoms with Gasteiger partial charge in [0.25, 0.3) is 0 Å². The number of halogens is 5. The number of hydrogen-bond donors (Lipinski definition) is 0. The fourth-order valence-corrected chi connectivity index (χ4v) is 4.44. The van der Waals surface area contributed by atoms with Crippen LogP contribution in [0.15, 0.2) is 24.3 Å². The topological polar surface area (TPSA) is 0 Å². The molecule has 5 heteroatoms. The lowest BCUT2D eigenvalue weighted by Crippen LogP contribution is -2.15. The average Bonchev–Trinajstić information content (AvgIpc) is 2.65. The summed E-state index contributed by atoms with van der Waals surface area (Å²) in [6.07, 6.45) is 8.86. The molecule has 1 aliphatic carbocycles. The van der Waals surface area contributed by atoms with Gasteiger partial charge in [0.05, 0.1) is 5.56 Å². The first-order chi connectivity index (χ1) is 13.4. The van der Waals surface area contributed by atoms with Crippen LogP contribution in [0.2, 0.25) is 5.02 Å². The first-order valence-corrected chi connectivity index (χ1v) is 10.4. The molecule has 0 bridgehead atoms. The molecule has 2 aromatic rings. The van der Waals surface area contributed by atoms with Gasteiger partial charge in [0, 0.05) is 0 Å². The molecule has 152 valence electrons. The molecule has 1 fully saturated rings. The van der Waals surface area contributed by atoms with E-state index in [1.54, 1.807) is 0 Å². The van der Waals surface area contributed by atoms with Crippen molar-refractivity contribution in [2.45, 2.75) is 58.3 Å². The third-order valence-electron chi connectivity index (χ3n) is 5.88. The molecular formula is C23H25ClF4. The molecule has 0 radical (unpaired) electrons. The van der Waals surface area contributed by atoms with E-state index in [-0.39, 0.29) is 5.56 Å². The molecule has 0 spiro atoms. The van der Waals surface area contributed by atoms with Crippen molar-refractivity contribution in [3.8, 4) is 11.1 Å². The smallest absolute Gasteiger partial charge is 0.145 e. The van der Waals surface area contributed by atoms with Crippen molar-refractivity contribution in [3.63, 3.8) is 0 Å². The minimum absolute atomic E-state index is 0.199. The van der Waals surface area contributed by atoms with Crippen molar-refractivity contribution >= 4 is 11.6 Å². The average molecular weight is 413 g/mol. The first-order valence-electron chi connectivity index (χ1n) is 10.0. The van der Waals surface area contributed by atoms with E-state index in [9.17, 15) is 17.6 Å². The van der Waals surface area contributed by atoms with Crippen LogP contribution < -0.4 is 0 Å². The molecule has 2 aromatic carbocycles. The standard InChI is InChI=1S/C23H25ClF4/c1-2-3-14-4-6-15(7-5-14)8-9-16-10-18(25)22(19(26)11-16)17-12-20(27)23(24)21(28)13-17/h10-15H,2-9H2,1H3. The van der Waals surface area contributed by atoms with Crippen LogP contribution in [0.5, 0.6) is 0 Å². The fourth-order valence-electron chi connectivity index (χ4n) is 4.33. The highest BCUT2D eigenvalue weighted by Gasteiger charge is 2.21. The monoisotopic (exact) mass is 412 g/mol. The van der Waals surface area contributed by atoms with E-state index in [1.807, 2.05) is 0 Å². The summed E-state index contributed by atoms with van der Waals surface area (Å²) in [5, 5.41) is -0.685. The van der Waals surface area contributed by atoms with Crippen LogP contribution in [0.3, 0.4) is 0 Å². The Hall–Kier alpha value is -1.55. The quantitative estimate of drug-likeness (QED) is 0.332. The van der Waals surface area contributed by atoms with E-state index >= 15 is 0 Å². The molecule has 0 amide bonds. The van der Waals surface area contributed by atoms with Crippen molar-refractivity contribution in [1.82, 2.24) is 0 Å². The number of hydrogen-bond acceptors (Lipinski definition) is 0. The number of benzene rings is 2. The summed E-state index contributed by atoms with van der Waals surface area (Å²) in [7, 11) is 0. The van der Waals surface area contributed by atoms with Gasteiger partial charge in [-0.2, -0.15) is 0 Å². The Bertz CT molecular complexity index is 779. The highest BCUT2D eigenvalue weighted by Crippen LogP contribution is 2.35. The van der Waals surface area contributed by atoms with E-state index in [0.717, 1.165) is 24.5 Å². The van der Waals surface area contributed by atoms with E-state index < -0.39 is 33.9 Å². The van der Waals surface area contributed by atoms with E-state index in [0.29, 0.717) is 17.9 Å². The van der Waals surface area contributed by atoms with Crippen LogP contribution in [-0.4, -0.2) is 0 Å². The van der Waals surface area contributed by atoms with Crippen LogP contribution >= 0.6 is 11.6 Å². The predicted octanol–water partition coefficient (Wildman–Crippen LogP) is 8.10. The molecule has 28 heavy (non-hydrogen) atoms. The van der Waals surface area contributed by atoms with Gasteiger partial charge < -0.3 is 0 Å². The third-order valence-corrected chi connectivity index (χ3v) is 6.24. The molecule has 0 unspecified atom stereocenters. The molecule has 3 rings (SSSR count). The molecule has 1 aliphatic rings. The van der Waals surface area contributed by atoms with Gasteiger partial charge >= 0.3 is 0 Å². The van der Waals surface area contributed by atoms with Gasteiger partial charge in [0.15, 0.2) is 0 Å². The van der Waals surface area contributed by atoms with Gasteiger partial charge in [0.2, 0.25) is 0 Å². The summed E-state index contributed by atoms with van der Waals surface area (Å²) in [5.74, 6) is -2.30. The maximum atomic E-state index is 14.5. The molecule has 0 aliphatic heterocycles. The second kappa shape index (κ2) is 9.30. The Morgan fingerprint density at radius 1 is 0.786 bits per heavy atom. The van der Waals surface area contributed by atoms with E-state index in [2.05, 4.69) is 6.92 Å². The highest BCUT2D eigenvalue weighted by atomic mass is 35.5. The third kappa shape index (κ3) is 4.89. The van der Waals surface area contributed by atoms with Gasteiger partial charge in [-0.15, -0.1) is 0 Å². The SMILES string of the molecule is CCCC1CCC(CCc2cc(F)c(-c3cc(F)c(Cl)c(F)c3)c(F)c2)CC1. The summed E-state index contributed by atoms with van der Waals surface area (Å²) in [6, 6.07) is 4.24. The second-order valence-corrected chi connectivity index (χ2v) is 8.28. The summed E-state index contributed by atoms with van der Waals surface area (Å²) in [6.45, 7) is 2.21. The second-order valence-electron chi connectivity index (χ2n) is 7.90. The van der Waals surface area contributed by atoms with Gasteiger partial charge in [-0.3, -0.25) is 0 Å². The van der Waals surface area contributed by atoms with Crippen LogP contribution in [0.1, 0.15) is 57.4 Å². The number of rotatable bonds is 6. The highest BCUT2D eigenvalue weighted by molar-refractivity contribution is 6.31. The maximum Gasteiger partial charge on any atom is 0.145 e. The normalized spacial score (nSPS) is 19.8. The van der Waals surface area contributed by atoms with Gasteiger partial charge in [-0.05, 0) is 60.1 Å². The summed E-state index contributed by atoms with van der Waals surface area (Å²) in [5.41, 5.74) is -0.0576. The first kappa shape index (κ1) is 21.2. The molecule has 0 saturated heterocycles. The minimum Gasteiger partial charge on any atom is -0.206 e. The lowest BCUT2D eigenvalue weighted by Gasteiger charge is -2.28. The largest absolute Gasteiger partial charge is 0.206 e. The molecule has 0 aromatic heterocycles. The predicted molar refractivity (Wildman–Crippen MR) is 105 cm³/mol. The molecular weight excluding hydrogens is 388 g/mol. The van der Waals surface area contributed by atoms with Gasteiger partial charge in [-0.25, -0.2) is 17.6 Å². The lowest BCUT2D eigenvalue weighted by molar-refractivity contribution is 0.252. The minimum atomic E-state index is -1.04. The zero-order valence-electron chi connectivity index (χ0n) is 16.0. The zero-order valence-corrected chi connectivity index (χ0v) is 16.8. The van der Waals surface area contributed by atoms with Crippen molar-refractivity contribution in [2.24, 2.45) is 11.8 Å². The molecule has 0 atom stereocenters. The molecule has 1 saturated carbocycles. The van der Waals surface area contributed by atoms with Crippen molar-refractivity contribution in [3.05, 3.63) is 58.1 Å². The molecule has 0 N–H and O–H groups in total. The Morgan fingerprint density at radius 3 is 1.79 bits per heavy atom. The van der Waals surface area contributed by atoms with E-state index in [4.69, 9.17) is 11.6 Å². The molecule has 0 nitrogen and oxygen atoms in total. The Morgan fingerprint density at radius 2 is 1.29 bits per heavy atom. The van der Waals surface area contributed by atoms with Crippen molar-refractivity contribution in [2.75, 3.05) is 0 Å². The van der Waals surface area contributed by atoms with Crippen molar-refractivity contribution in [1.29, 1.82) is 0 Å². The Labute approximate surface area is 168 Å². The fraction of sp³-hybridized carbons (Fsp3) is 0.478. The van der Waals surface area contributed by atoms with Crippen LogP contribution in [0.4, 0.5) is 17.6 Å². The Balaban J connectivity index is 1.69.